The van der Waals surface area contributed by atoms with Gasteiger partial charge >= 0.3 is 0 Å². The first-order valence-corrected chi connectivity index (χ1v) is 10.9. The van der Waals surface area contributed by atoms with Crippen LogP contribution < -0.4 is 9.80 Å². The second-order valence-electron chi connectivity index (χ2n) is 7.23. The molecule has 0 N–H and O–H groups in total. The predicted molar refractivity (Wildman–Crippen MR) is 120 cm³/mol. The molecule has 2 fully saturated rings. The number of halogens is 1. The van der Waals surface area contributed by atoms with Crippen LogP contribution in [0.5, 0.6) is 0 Å². The fraction of sp³-hybridized carbons (Fsp3) is 0.429. The Kier molecular flexibility index (Phi) is 6.19. The fourth-order valence-electron chi connectivity index (χ4n) is 3.75. The van der Waals surface area contributed by atoms with Crippen molar-refractivity contribution in [3.63, 3.8) is 0 Å². The van der Waals surface area contributed by atoms with Crippen molar-refractivity contribution < 1.29 is 9.13 Å². The summed E-state index contributed by atoms with van der Waals surface area (Å²) in [5.41, 5.74) is 5.16. The first-order valence-electron chi connectivity index (χ1n) is 9.96. The number of hydrogen-bond acceptors (Lipinski definition) is 7. The van der Waals surface area contributed by atoms with Gasteiger partial charge < -0.3 is 14.5 Å². The maximum absolute atomic E-state index is 14.3. The Morgan fingerprint density at radius 3 is 2.80 bits per heavy atom. The van der Waals surface area contributed by atoms with Crippen LogP contribution in [-0.2, 0) is 4.74 Å². The van der Waals surface area contributed by atoms with Crippen LogP contribution in [0.4, 0.5) is 15.9 Å². The third kappa shape index (κ3) is 4.27. The van der Waals surface area contributed by atoms with Crippen LogP contribution in [0.1, 0.15) is 19.0 Å². The summed E-state index contributed by atoms with van der Waals surface area (Å²) in [7, 11) is 1.72. The molecule has 4 rings (SSSR count). The van der Waals surface area contributed by atoms with Crippen LogP contribution in [0.15, 0.2) is 45.2 Å². The monoisotopic (exact) mass is 428 g/mol. The number of morpholine rings is 1. The zero-order chi connectivity index (χ0) is 21.1. The number of ether oxygens (including phenoxy) is 1. The van der Waals surface area contributed by atoms with Gasteiger partial charge in [0.15, 0.2) is 5.84 Å². The summed E-state index contributed by atoms with van der Waals surface area (Å²) in [6.07, 6.45) is 0.698. The molecule has 0 aromatic carbocycles. The highest BCUT2D eigenvalue weighted by Gasteiger charge is 2.28. The van der Waals surface area contributed by atoms with Gasteiger partial charge in [0.05, 0.1) is 24.8 Å². The lowest BCUT2D eigenvalue weighted by molar-refractivity contribution is 0.122. The molecule has 158 valence electrons. The topological polar surface area (TPSA) is 66.2 Å². The summed E-state index contributed by atoms with van der Waals surface area (Å²) in [6.45, 7) is 9.73. The van der Waals surface area contributed by atoms with Gasteiger partial charge in [0.1, 0.15) is 11.5 Å². The number of aliphatic imine (C=N–C) groups is 2. The number of nitrogens with zero attached hydrogens (tertiary/aromatic N) is 6. The van der Waals surface area contributed by atoms with Crippen molar-refractivity contribution in [1.29, 1.82) is 0 Å². The lowest BCUT2D eigenvalue weighted by atomic mass is 9.95. The minimum atomic E-state index is -0.477. The van der Waals surface area contributed by atoms with Crippen LogP contribution >= 0.6 is 11.3 Å². The van der Waals surface area contributed by atoms with Crippen molar-refractivity contribution >= 4 is 34.4 Å². The van der Waals surface area contributed by atoms with E-state index in [0.717, 1.165) is 22.7 Å². The zero-order valence-electron chi connectivity index (χ0n) is 17.2. The van der Waals surface area contributed by atoms with Gasteiger partial charge in [0.2, 0.25) is 5.95 Å². The molecule has 1 atom stereocenters. The first kappa shape index (κ1) is 20.6. The summed E-state index contributed by atoms with van der Waals surface area (Å²) < 4.78 is 19.7. The Morgan fingerprint density at radius 2 is 2.10 bits per heavy atom. The molecule has 0 amide bonds. The number of thiazole rings is 1. The molecule has 0 spiro atoms. The minimum Gasteiger partial charge on any atom is -0.378 e. The molecule has 0 radical (unpaired) electrons. The van der Waals surface area contributed by atoms with E-state index in [1.165, 1.54) is 17.4 Å². The highest BCUT2D eigenvalue weighted by Crippen LogP contribution is 2.29. The molecule has 9 heteroatoms. The lowest BCUT2D eigenvalue weighted by Gasteiger charge is -2.38. The molecule has 2 aliphatic heterocycles. The molecule has 2 aromatic heterocycles. The van der Waals surface area contributed by atoms with E-state index < -0.39 is 5.95 Å². The Labute approximate surface area is 179 Å². The van der Waals surface area contributed by atoms with Crippen LogP contribution in [0.25, 0.3) is 0 Å². The van der Waals surface area contributed by atoms with E-state index in [1.54, 1.807) is 12.6 Å². The van der Waals surface area contributed by atoms with Crippen molar-refractivity contribution in [1.82, 2.24) is 9.97 Å². The summed E-state index contributed by atoms with van der Waals surface area (Å²) in [4.78, 5) is 21.6. The number of piperidine rings is 1. The fourth-order valence-corrected chi connectivity index (χ4v) is 4.28. The average Bonchev–Trinajstić information content (AvgIpc) is 3.30. The van der Waals surface area contributed by atoms with E-state index in [2.05, 4.69) is 38.3 Å². The highest BCUT2D eigenvalue weighted by atomic mass is 32.1. The Balaban J connectivity index is 1.56. The normalized spacial score (nSPS) is 22.1. The molecule has 2 saturated heterocycles. The third-order valence-corrected chi connectivity index (χ3v) is 6.06. The van der Waals surface area contributed by atoms with Crippen LogP contribution in [0, 0.1) is 5.95 Å². The Bertz CT molecular complexity index is 968. The van der Waals surface area contributed by atoms with E-state index in [-0.39, 0.29) is 6.04 Å². The number of hydrogen-bond donors (Lipinski definition) is 0. The average molecular weight is 429 g/mol. The van der Waals surface area contributed by atoms with E-state index in [4.69, 9.17) is 9.73 Å². The van der Waals surface area contributed by atoms with Crippen molar-refractivity contribution in [3.8, 4) is 0 Å². The molecule has 0 saturated carbocycles. The second-order valence-corrected chi connectivity index (χ2v) is 7.95. The van der Waals surface area contributed by atoms with Gasteiger partial charge in [-0.05, 0) is 12.5 Å². The Hall–Kier alpha value is -2.65. The largest absolute Gasteiger partial charge is 0.378 e. The van der Waals surface area contributed by atoms with Gasteiger partial charge in [0, 0.05) is 62.0 Å². The van der Waals surface area contributed by atoms with Gasteiger partial charge in [-0.2, -0.15) is 4.39 Å². The number of anilines is 2. The van der Waals surface area contributed by atoms with Crippen LogP contribution in [0.2, 0.25) is 0 Å². The standard InChI is InChI=1S/C21H25FN6OS/c1-14-15(2)28(5-4-17(14)25-21(23-3)18-12-30-13-24-18)16-10-19(22)26-20(11-16)27-6-8-29-9-7-27/h10-13,15H,1,4-9H2,2-3H3. The number of aromatic nitrogens is 2. The van der Waals surface area contributed by atoms with Gasteiger partial charge in [-0.25, -0.2) is 15.0 Å². The first-order chi connectivity index (χ1) is 14.6. The maximum atomic E-state index is 14.3. The number of rotatable bonds is 3. The van der Waals surface area contributed by atoms with Gasteiger partial charge in [-0.15, -0.1) is 11.3 Å². The molecule has 2 aromatic rings. The molecule has 0 bridgehead atoms. The zero-order valence-corrected chi connectivity index (χ0v) is 18.0. The van der Waals surface area contributed by atoms with Crippen molar-refractivity contribution in [2.24, 2.45) is 9.98 Å². The van der Waals surface area contributed by atoms with E-state index in [9.17, 15) is 4.39 Å². The summed E-state index contributed by atoms with van der Waals surface area (Å²) in [6, 6.07) is 3.42. The third-order valence-electron chi connectivity index (χ3n) is 5.48. The number of amidine groups is 1. The van der Waals surface area contributed by atoms with Crippen molar-refractivity contribution in [2.45, 2.75) is 19.4 Å². The molecule has 4 heterocycles. The van der Waals surface area contributed by atoms with E-state index >= 15 is 0 Å². The summed E-state index contributed by atoms with van der Waals surface area (Å²) in [5.74, 6) is 0.780. The highest BCUT2D eigenvalue weighted by molar-refractivity contribution is 7.07. The summed E-state index contributed by atoms with van der Waals surface area (Å²) >= 11 is 1.51. The Morgan fingerprint density at radius 1 is 1.30 bits per heavy atom. The molecular formula is C21H25FN6OS. The molecule has 2 aliphatic rings. The number of pyridine rings is 1. The molecule has 30 heavy (non-hydrogen) atoms. The SMILES string of the molecule is C=C1C(=NC(=NC)c2cscn2)CCN(c2cc(F)nc(N3CCOCC3)c2)C1C. The minimum absolute atomic E-state index is 0.0228. The van der Waals surface area contributed by atoms with Crippen molar-refractivity contribution in [2.75, 3.05) is 49.7 Å². The maximum Gasteiger partial charge on any atom is 0.216 e. The molecule has 7 nitrogen and oxygen atoms in total. The lowest BCUT2D eigenvalue weighted by Crippen LogP contribution is -2.43. The molecule has 1 unspecified atom stereocenters. The summed E-state index contributed by atoms with van der Waals surface area (Å²) in [5, 5.41) is 1.93. The van der Waals surface area contributed by atoms with Gasteiger partial charge in [-0.1, -0.05) is 6.58 Å². The molecular weight excluding hydrogens is 403 g/mol. The second kappa shape index (κ2) is 9.01. The van der Waals surface area contributed by atoms with Gasteiger partial charge in [-0.3, -0.25) is 4.99 Å². The molecule has 0 aliphatic carbocycles. The quantitative estimate of drug-likeness (QED) is 0.427. The van der Waals surface area contributed by atoms with Gasteiger partial charge in [0.25, 0.3) is 0 Å². The van der Waals surface area contributed by atoms with E-state index in [0.29, 0.717) is 50.9 Å². The van der Waals surface area contributed by atoms with E-state index in [1.807, 2.05) is 11.4 Å². The van der Waals surface area contributed by atoms with Crippen LogP contribution in [0.3, 0.4) is 0 Å². The smallest absolute Gasteiger partial charge is 0.216 e. The predicted octanol–water partition coefficient (Wildman–Crippen LogP) is 3.19. The van der Waals surface area contributed by atoms with Crippen molar-refractivity contribution in [3.05, 3.63) is 46.8 Å². The van der Waals surface area contributed by atoms with Crippen LogP contribution in [-0.4, -0.2) is 67.5 Å².